The minimum Gasteiger partial charge on any atom is -0.283 e. The number of ketones is 1. The molecular formula is C24H24N2O3. The summed E-state index contributed by atoms with van der Waals surface area (Å²) in [7, 11) is 0. The van der Waals surface area contributed by atoms with Gasteiger partial charge in [-0.15, -0.1) is 0 Å². The van der Waals surface area contributed by atoms with E-state index in [4.69, 9.17) is 0 Å². The maximum Gasteiger partial charge on any atom is 0.314 e. The van der Waals surface area contributed by atoms with Crippen molar-refractivity contribution in [3.05, 3.63) is 66.2 Å². The molecule has 5 heteroatoms. The highest BCUT2D eigenvalue weighted by Crippen LogP contribution is 2.70. The monoisotopic (exact) mass is 388 g/mol. The molecule has 5 nitrogen and oxygen atoms in total. The average molecular weight is 388 g/mol. The molecule has 2 bridgehead atoms. The number of benzene rings is 2. The quantitative estimate of drug-likeness (QED) is 0.593. The summed E-state index contributed by atoms with van der Waals surface area (Å²) in [5.41, 5.74) is 0.156. The maximum atomic E-state index is 13.9. The van der Waals surface area contributed by atoms with Gasteiger partial charge in [-0.25, -0.2) is 10.0 Å². The molecular weight excluding hydrogens is 364 g/mol. The summed E-state index contributed by atoms with van der Waals surface area (Å²) in [5, 5.41) is 2.96. The Labute approximate surface area is 170 Å². The van der Waals surface area contributed by atoms with Crippen molar-refractivity contribution in [1.29, 1.82) is 0 Å². The van der Waals surface area contributed by atoms with Gasteiger partial charge in [-0.3, -0.25) is 14.4 Å². The summed E-state index contributed by atoms with van der Waals surface area (Å²) in [5.74, 6) is -0.861. The molecule has 29 heavy (non-hydrogen) atoms. The van der Waals surface area contributed by atoms with E-state index in [2.05, 4.69) is 13.8 Å². The molecule has 0 unspecified atom stereocenters. The molecule has 2 aliphatic carbocycles. The number of hydrazine groups is 1. The Balaban J connectivity index is 1.63. The second-order valence-corrected chi connectivity index (χ2v) is 8.98. The molecule has 3 aliphatic rings. The minimum atomic E-state index is -0.626. The Hall–Kier alpha value is -2.95. The van der Waals surface area contributed by atoms with Crippen LogP contribution < -0.4 is 5.01 Å². The number of hydrogen-bond donors (Lipinski definition) is 0. The van der Waals surface area contributed by atoms with Crippen molar-refractivity contribution in [3.8, 4) is 0 Å². The number of anilines is 1. The molecule has 3 atom stereocenters. The zero-order valence-corrected chi connectivity index (χ0v) is 16.7. The van der Waals surface area contributed by atoms with Crippen molar-refractivity contribution in [1.82, 2.24) is 5.01 Å². The predicted octanol–water partition coefficient (Wildman–Crippen LogP) is 3.85. The largest absolute Gasteiger partial charge is 0.314 e. The molecule has 0 aromatic heterocycles. The fourth-order valence-electron chi connectivity index (χ4n) is 6.05. The standard InChI is InChI=1S/C24H24N2O3/c1-23(2)17-13-14-24(23)19(15-17)26(21(28)20(27)16-9-5-3-6-10-16)25(22(24)29)18-11-7-4-8-12-18/h3-12,17,19H,13-15H2,1-2H3/t17-,19+,24+/m1/s1. The van der Waals surface area contributed by atoms with E-state index in [1.165, 1.54) is 10.0 Å². The van der Waals surface area contributed by atoms with Crippen LogP contribution in [0.4, 0.5) is 5.69 Å². The fourth-order valence-corrected chi connectivity index (χ4v) is 6.05. The number of nitrogens with zero attached hydrogens (tertiary/aromatic N) is 2. The van der Waals surface area contributed by atoms with E-state index < -0.39 is 17.1 Å². The first-order chi connectivity index (χ1) is 13.9. The maximum absolute atomic E-state index is 13.9. The van der Waals surface area contributed by atoms with Gasteiger partial charge in [0.25, 0.3) is 11.7 Å². The minimum absolute atomic E-state index is 0.0482. The summed E-state index contributed by atoms with van der Waals surface area (Å²) in [6, 6.07) is 17.5. The van der Waals surface area contributed by atoms with E-state index in [1.54, 1.807) is 24.3 Å². The van der Waals surface area contributed by atoms with Crippen LogP contribution in [0, 0.1) is 16.7 Å². The van der Waals surface area contributed by atoms with Crippen LogP contribution in [0.3, 0.4) is 0 Å². The van der Waals surface area contributed by atoms with Crippen LogP contribution in [0.2, 0.25) is 0 Å². The average Bonchev–Trinajstić information content (AvgIpc) is 3.26. The second-order valence-electron chi connectivity index (χ2n) is 8.98. The van der Waals surface area contributed by atoms with Crippen molar-refractivity contribution in [3.63, 3.8) is 0 Å². The highest BCUT2D eigenvalue weighted by Gasteiger charge is 2.75. The van der Waals surface area contributed by atoms with Gasteiger partial charge in [-0.05, 0) is 42.7 Å². The molecule has 3 fully saturated rings. The number of Topliss-reactive ketones (excluding diaryl/α,β-unsaturated/α-hetero) is 1. The van der Waals surface area contributed by atoms with Gasteiger partial charge in [-0.1, -0.05) is 62.4 Å². The van der Waals surface area contributed by atoms with Crippen molar-refractivity contribution in [2.45, 2.75) is 39.2 Å². The topological polar surface area (TPSA) is 57.7 Å². The number of fused-ring (bicyclic) bond motifs is 1. The lowest BCUT2D eigenvalue weighted by atomic mass is 9.67. The lowest BCUT2D eigenvalue weighted by molar-refractivity contribution is -0.131. The Morgan fingerprint density at radius 1 is 0.966 bits per heavy atom. The third-order valence-corrected chi connectivity index (χ3v) is 7.66. The number of carbonyl (C=O) groups excluding carboxylic acids is 3. The molecule has 2 aromatic carbocycles. The summed E-state index contributed by atoms with van der Waals surface area (Å²) in [6.45, 7) is 4.30. The summed E-state index contributed by atoms with van der Waals surface area (Å²) >= 11 is 0. The van der Waals surface area contributed by atoms with Crippen LogP contribution in [0.1, 0.15) is 43.5 Å². The Kier molecular flexibility index (Phi) is 3.76. The van der Waals surface area contributed by atoms with Crippen molar-refractivity contribution < 1.29 is 14.4 Å². The first kappa shape index (κ1) is 18.1. The van der Waals surface area contributed by atoms with E-state index in [9.17, 15) is 14.4 Å². The molecule has 5 rings (SSSR count). The fraction of sp³-hybridized carbons (Fsp3) is 0.375. The van der Waals surface area contributed by atoms with Crippen LogP contribution in [0.5, 0.6) is 0 Å². The first-order valence-electron chi connectivity index (χ1n) is 10.2. The van der Waals surface area contributed by atoms with Gasteiger partial charge < -0.3 is 0 Å². The Morgan fingerprint density at radius 2 is 1.59 bits per heavy atom. The van der Waals surface area contributed by atoms with Crippen molar-refractivity contribution in [2.24, 2.45) is 16.7 Å². The van der Waals surface area contributed by atoms with Gasteiger partial charge >= 0.3 is 5.91 Å². The third-order valence-electron chi connectivity index (χ3n) is 7.66. The van der Waals surface area contributed by atoms with E-state index in [-0.39, 0.29) is 17.4 Å². The number of rotatable bonds is 3. The zero-order valence-electron chi connectivity index (χ0n) is 16.7. The highest BCUT2D eigenvalue weighted by molar-refractivity contribution is 6.43. The Bertz CT molecular complexity index is 1000. The molecule has 2 saturated carbocycles. The number of hydrogen-bond acceptors (Lipinski definition) is 3. The summed E-state index contributed by atoms with van der Waals surface area (Å²) < 4.78 is 0. The molecule has 2 amide bonds. The predicted molar refractivity (Wildman–Crippen MR) is 109 cm³/mol. The van der Waals surface area contributed by atoms with Gasteiger partial charge in [0.15, 0.2) is 0 Å². The van der Waals surface area contributed by atoms with Gasteiger partial charge in [0.2, 0.25) is 0 Å². The molecule has 0 N–H and O–H groups in total. The lowest BCUT2D eigenvalue weighted by Crippen LogP contribution is -2.50. The molecule has 1 heterocycles. The van der Waals surface area contributed by atoms with E-state index >= 15 is 0 Å². The van der Waals surface area contributed by atoms with Crippen LogP contribution in [-0.4, -0.2) is 28.6 Å². The van der Waals surface area contributed by atoms with Gasteiger partial charge in [0.1, 0.15) is 0 Å². The van der Waals surface area contributed by atoms with Gasteiger partial charge in [0, 0.05) is 5.56 Å². The lowest BCUT2D eigenvalue weighted by Gasteiger charge is -2.34. The van der Waals surface area contributed by atoms with Gasteiger partial charge in [0.05, 0.1) is 17.1 Å². The highest BCUT2D eigenvalue weighted by atomic mass is 16.2. The normalized spacial score (nSPS) is 29.2. The van der Waals surface area contributed by atoms with Crippen LogP contribution >= 0.6 is 0 Å². The number of carbonyl (C=O) groups is 3. The second kappa shape index (κ2) is 6.02. The summed E-state index contributed by atoms with van der Waals surface area (Å²) in [4.78, 5) is 40.4. The van der Waals surface area contributed by atoms with E-state index in [0.717, 1.165) is 19.3 Å². The molecule has 1 aliphatic heterocycles. The van der Waals surface area contributed by atoms with Crippen LogP contribution in [0.25, 0.3) is 0 Å². The van der Waals surface area contributed by atoms with Crippen LogP contribution in [-0.2, 0) is 9.59 Å². The third kappa shape index (κ3) is 2.18. The first-order valence-corrected chi connectivity index (χ1v) is 10.2. The van der Waals surface area contributed by atoms with E-state index in [1.807, 2.05) is 36.4 Å². The zero-order chi connectivity index (χ0) is 20.4. The molecule has 1 spiro atoms. The van der Waals surface area contributed by atoms with Crippen molar-refractivity contribution >= 4 is 23.3 Å². The molecule has 0 radical (unpaired) electrons. The number of amides is 2. The number of para-hydroxylation sites is 1. The van der Waals surface area contributed by atoms with Crippen molar-refractivity contribution in [2.75, 3.05) is 5.01 Å². The SMILES string of the molecule is CC1(C)[C@@H]2CC[C@]13C(=O)N(c1ccccc1)N(C(=O)C(=O)c1ccccc1)[C@H]3C2. The molecule has 2 aromatic rings. The van der Waals surface area contributed by atoms with E-state index in [0.29, 0.717) is 17.2 Å². The van der Waals surface area contributed by atoms with Gasteiger partial charge in [-0.2, -0.15) is 0 Å². The molecule has 1 saturated heterocycles. The van der Waals surface area contributed by atoms with Crippen LogP contribution in [0.15, 0.2) is 60.7 Å². The smallest absolute Gasteiger partial charge is 0.283 e. The summed E-state index contributed by atoms with van der Waals surface area (Å²) in [6.07, 6.45) is 2.52. The Morgan fingerprint density at radius 3 is 2.21 bits per heavy atom. The molecule has 148 valence electrons.